The Bertz CT molecular complexity index is 1220. The number of hydrogen-bond donors (Lipinski definition) is 1. The molecule has 2 aromatic rings. The van der Waals surface area contributed by atoms with Crippen LogP contribution in [0.25, 0.3) is 5.76 Å². The molecule has 2 aromatic carbocycles. The third-order valence-electron chi connectivity index (χ3n) is 6.70. The van der Waals surface area contributed by atoms with E-state index < -0.39 is 17.7 Å². The molecule has 0 bridgehead atoms. The molecule has 1 atom stereocenters. The number of Topliss-reactive ketones (excluding diaryl/α,β-unsaturated/α-hetero) is 1. The van der Waals surface area contributed by atoms with Crippen molar-refractivity contribution in [2.75, 3.05) is 52.8 Å². The van der Waals surface area contributed by atoms with E-state index in [0.717, 1.165) is 19.6 Å². The monoisotopic (exact) mass is 506 g/mol. The lowest BCUT2D eigenvalue weighted by atomic mass is 9.95. The Morgan fingerprint density at radius 2 is 1.89 bits per heavy atom. The summed E-state index contributed by atoms with van der Waals surface area (Å²) in [6.07, 6.45) is 2.32. The van der Waals surface area contributed by atoms with Crippen molar-refractivity contribution in [3.8, 4) is 17.2 Å². The number of rotatable bonds is 9. The average molecular weight is 507 g/mol. The zero-order valence-electron chi connectivity index (χ0n) is 20.6. The SMILES string of the molecule is C=CCOc1cccc(C2C(=C(O)c3ccc4c(c3)OCO4)C(=O)C(=O)N2CCCN2CCOCC2)c1. The highest BCUT2D eigenvalue weighted by Crippen LogP contribution is 2.42. The van der Waals surface area contributed by atoms with Crippen LogP contribution in [0.2, 0.25) is 0 Å². The van der Waals surface area contributed by atoms with Gasteiger partial charge in [-0.2, -0.15) is 0 Å². The van der Waals surface area contributed by atoms with Crippen LogP contribution in [0.3, 0.4) is 0 Å². The zero-order chi connectivity index (χ0) is 25.8. The van der Waals surface area contributed by atoms with E-state index in [-0.39, 0.29) is 18.1 Å². The number of benzene rings is 2. The summed E-state index contributed by atoms with van der Waals surface area (Å²) in [7, 11) is 0. The topological polar surface area (TPSA) is 97.8 Å². The van der Waals surface area contributed by atoms with Crippen molar-refractivity contribution in [1.29, 1.82) is 0 Å². The quantitative estimate of drug-likeness (QED) is 0.240. The molecule has 0 saturated carbocycles. The zero-order valence-corrected chi connectivity index (χ0v) is 20.6. The Morgan fingerprint density at radius 3 is 2.70 bits per heavy atom. The highest BCUT2D eigenvalue weighted by atomic mass is 16.7. The van der Waals surface area contributed by atoms with Gasteiger partial charge in [0.05, 0.1) is 24.8 Å². The molecule has 0 aliphatic carbocycles. The molecule has 0 spiro atoms. The van der Waals surface area contributed by atoms with E-state index in [1.807, 2.05) is 12.1 Å². The normalized spacial score (nSPS) is 20.9. The number of fused-ring (bicyclic) bond motifs is 1. The number of likely N-dealkylation sites (tertiary alicyclic amines) is 1. The summed E-state index contributed by atoms with van der Waals surface area (Å²) in [6, 6.07) is 11.4. The second kappa shape index (κ2) is 11.1. The maximum Gasteiger partial charge on any atom is 0.295 e. The van der Waals surface area contributed by atoms with Crippen LogP contribution in [0.4, 0.5) is 0 Å². The van der Waals surface area contributed by atoms with Gasteiger partial charge in [-0.15, -0.1) is 0 Å². The molecular formula is C28H30N2O7. The minimum Gasteiger partial charge on any atom is -0.507 e. The van der Waals surface area contributed by atoms with E-state index in [1.165, 1.54) is 0 Å². The molecule has 0 radical (unpaired) electrons. The Kier molecular flexibility index (Phi) is 7.43. The van der Waals surface area contributed by atoms with Crippen LogP contribution in [0.15, 0.2) is 60.7 Å². The van der Waals surface area contributed by atoms with E-state index in [0.29, 0.717) is 61.2 Å². The number of carbonyl (C=O) groups is 2. The number of aliphatic hydroxyl groups is 1. The van der Waals surface area contributed by atoms with Crippen molar-refractivity contribution >= 4 is 17.4 Å². The lowest BCUT2D eigenvalue weighted by molar-refractivity contribution is -0.140. The van der Waals surface area contributed by atoms with Gasteiger partial charge in [-0.05, 0) is 42.3 Å². The highest BCUT2D eigenvalue weighted by molar-refractivity contribution is 6.46. The molecule has 9 heteroatoms. The standard InChI is InChI=1S/C28H30N2O7/c1-2-13-35-21-6-3-5-19(16-21)25-24(26(31)20-7-8-22-23(17-20)37-18-36-22)27(32)28(33)30(25)10-4-9-29-11-14-34-15-12-29/h2-3,5-8,16-17,25,31H,1,4,9-15,18H2. The molecule has 2 fully saturated rings. The smallest absolute Gasteiger partial charge is 0.295 e. The molecule has 2 saturated heterocycles. The van der Waals surface area contributed by atoms with Crippen LogP contribution in [0.1, 0.15) is 23.6 Å². The number of ether oxygens (including phenoxy) is 4. The molecule has 37 heavy (non-hydrogen) atoms. The summed E-state index contributed by atoms with van der Waals surface area (Å²) < 4.78 is 21.9. The van der Waals surface area contributed by atoms with E-state index in [2.05, 4.69) is 11.5 Å². The molecule has 3 aliphatic rings. The second-order valence-electron chi connectivity index (χ2n) is 9.04. The summed E-state index contributed by atoms with van der Waals surface area (Å²) >= 11 is 0. The number of amides is 1. The Hall–Kier alpha value is -3.82. The van der Waals surface area contributed by atoms with Gasteiger partial charge >= 0.3 is 0 Å². The van der Waals surface area contributed by atoms with Crippen molar-refractivity contribution in [2.45, 2.75) is 12.5 Å². The van der Waals surface area contributed by atoms with Crippen LogP contribution in [-0.2, 0) is 14.3 Å². The third-order valence-corrected chi connectivity index (χ3v) is 6.70. The lowest BCUT2D eigenvalue weighted by Crippen LogP contribution is -2.38. The van der Waals surface area contributed by atoms with Crippen LogP contribution >= 0.6 is 0 Å². The lowest BCUT2D eigenvalue weighted by Gasteiger charge is -2.29. The van der Waals surface area contributed by atoms with Crippen molar-refractivity contribution in [3.05, 3.63) is 71.8 Å². The largest absolute Gasteiger partial charge is 0.507 e. The summed E-state index contributed by atoms with van der Waals surface area (Å²) in [6.45, 7) is 8.30. The van der Waals surface area contributed by atoms with Crippen molar-refractivity contribution < 1.29 is 33.6 Å². The maximum atomic E-state index is 13.3. The Balaban J connectivity index is 1.49. The number of nitrogens with zero attached hydrogens (tertiary/aromatic N) is 2. The second-order valence-corrected chi connectivity index (χ2v) is 9.04. The van der Waals surface area contributed by atoms with Gasteiger partial charge in [0.15, 0.2) is 11.5 Å². The van der Waals surface area contributed by atoms with E-state index in [9.17, 15) is 14.7 Å². The predicted octanol–water partition coefficient (Wildman–Crippen LogP) is 3.12. The number of ketones is 1. The van der Waals surface area contributed by atoms with Gasteiger partial charge in [0, 0.05) is 31.7 Å². The summed E-state index contributed by atoms with van der Waals surface area (Å²) in [5.41, 5.74) is 1.09. The van der Waals surface area contributed by atoms with E-state index >= 15 is 0 Å². The molecular weight excluding hydrogens is 476 g/mol. The molecule has 5 rings (SSSR count). The fraction of sp³-hybridized carbons (Fsp3) is 0.357. The fourth-order valence-corrected chi connectivity index (χ4v) is 4.88. The van der Waals surface area contributed by atoms with Crippen LogP contribution in [0.5, 0.6) is 17.2 Å². The first-order valence-corrected chi connectivity index (χ1v) is 12.4. The van der Waals surface area contributed by atoms with Crippen molar-refractivity contribution in [2.24, 2.45) is 0 Å². The fourth-order valence-electron chi connectivity index (χ4n) is 4.88. The first-order chi connectivity index (χ1) is 18.1. The van der Waals surface area contributed by atoms with Crippen LogP contribution in [0, 0.1) is 0 Å². The van der Waals surface area contributed by atoms with Gasteiger partial charge in [0.2, 0.25) is 6.79 Å². The van der Waals surface area contributed by atoms with Crippen molar-refractivity contribution in [3.63, 3.8) is 0 Å². The molecule has 1 amide bonds. The number of carbonyl (C=O) groups excluding carboxylic acids is 2. The third kappa shape index (κ3) is 5.19. The maximum absolute atomic E-state index is 13.3. The molecule has 9 nitrogen and oxygen atoms in total. The predicted molar refractivity (Wildman–Crippen MR) is 136 cm³/mol. The number of aliphatic hydroxyl groups excluding tert-OH is 1. The molecule has 1 unspecified atom stereocenters. The van der Waals surface area contributed by atoms with Crippen LogP contribution in [-0.4, -0.2) is 79.4 Å². The van der Waals surface area contributed by atoms with Crippen LogP contribution < -0.4 is 14.2 Å². The first kappa shape index (κ1) is 24.9. The van der Waals surface area contributed by atoms with Gasteiger partial charge in [0.25, 0.3) is 11.7 Å². The highest BCUT2D eigenvalue weighted by Gasteiger charge is 2.46. The Morgan fingerprint density at radius 1 is 1.08 bits per heavy atom. The van der Waals surface area contributed by atoms with Gasteiger partial charge in [0.1, 0.15) is 18.1 Å². The molecule has 194 valence electrons. The Labute approximate surface area is 215 Å². The van der Waals surface area contributed by atoms with Gasteiger partial charge in [-0.25, -0.2) is 0 Å². The molecule has 3 heterocycles. The molecule has 3 aliphatic heterocycles. The number of morpholine rings is 1. The summed E-state index contributed by atoms with van der Waals surface area (Å²) in [5.74, 6) is 0.00802. The summed E-state index contributed by atoms with van der Waals surface area (Å²) in [4.78, 5) is 30.4. The molecule has 1 N–H and O–H groups in total. The van der Waals surface area contributed by atoms with Crippen molar-refractivity contribution in [1.82, 2.24) is 9.80 Å². The van der Waals surface area contributed by atoms with E-state index in [1.54, 1.807) is 41.3 Å². The molecule has 0 aromatic heterocycles. The van der Waals surface area contributed by atoms with E-state index in [4.69, 9.17) is 18.9 Å². The number of hydrogen-bond acceptors (Lipinski definition) is 8. The minimum absolute atomic E-state index is 0.0381. The van der Waals surface area contributed by atoms with Gasteiger partial charge < -0.3 is 29.0 Å². The van der Waals surface area contributed by atoms with Gasteiger partial charge in [-0.3, -0.25) is 14.5 Å². The van der Waals surface area contributed by atoms with Gasteiger partial charge in [-0.1, -0.05) is 24.8 Å². The first-order valence-electron chi connectivity index (χ1n) is 12.4. The minimum atomic E-state index is -0.762. The average Bonchev–Trinajstić information content (AvgIpc) is 3.50. The summed E-state index contributed by atoms with van der Waals surface area (Å²) in [5, 5.41) is 11.3.